The van der Waals surface area contributed by atoms with E-state index in [-0.39, 0.29) is 18.3 Å². The van der Waals surface area contributed by atoms with Crippen molar-refractivity contribution in [2.24, 2.45) is 0 Å². The predicted molar refractivity (Wildman–Crippen MR) is 119 cm³/mol. The number of rotatable bonds is 9. The Hall–Kier alpha value is -3.87. The molecule has 0 atom stereocenters. The first-order valence-electron chi connectivity index (χ1n) is 10.4. The molecule has 2 heterocycles. The number of halogens is 1. The van der Waals surface area contributed by atoms with Crippen molar-refractivity contribution in [2.75, 3.05) is 13.6 Å². The smallest absolute Gasteiger partial charge is 0.289 e. The van der Waals surface area contributed by atoms with Crippen LogP contribution in [0.25, 0.3) is 11.3 Å². The Morgan fingerprint density at radius 1 is 1.12 bits per heavy atom. The van der Waals surface area contributed by atoms with E-state index in [1.807, 2.05) is 36.4 Å². The number of nitrogens with one attached hydrogen (secondary N) is 1. The molecule has 0 aliphatic heterocycles. The van der Waals surface area contributed by atoms with Crippen molar-refractivity contribution in [3.63, 3.8) is 0 Å². The summed E-state index contributed by atoms with van der Waals surface area (Å²) in [6.45, 7) is 0.819. The fourth-order valence-electron chi connectivity index (χ4n) is 3.35. The highest BCUT2D eigenvalue weighted by atomic mass is 19.1. The number of furan rings is 1. The van der Waals surface area contributed by atoms with Crippen molar-refractivity contribution in [1.29, 1.82) is 0 Å². The van der Waals surface area contributed by atoms with E-state index in [2.05, 4.69) is 10.2 Å². The third-order valence-corrected chi connectivity index (χ3v) is 5.14. The first-order chi connectivity index (χ1) is 15.6. The van der Waals surface area contributed by atoms with Crippen molar-refractivity contribution < 1.29 is 18.3 Å². The summed E-state index contributed by atoms with van der Waals surface area (Å²) in [5, 5.41) is 7.30. The largest absolute Gasteiger partial charge is 0.489 e. The van der Waals surface area contributed by atoms with Gasteiger partial charge in [-0.3, -0.25) is 9.89 Å². The highest BCUT2D eigenvalue weighted by Crippen LogP contribution is 2.20. The maximum absolute atomic E-state index is 13.1. The molecule has 0 radical (unpaired) electrons. The molecule has 32 heavy (non-hydrogen) atoms. The van der Waals surface area contributed by atoms with E-state index < -0.39 is 0 Å². The third-order valence-electron chi connectivity index (χ3n) is 5.14. The van der Waals surface area contributed by atoms with Crippen LogP contribution in [0.3, 0.4) is 0 Å². The average molecular weight is 433 g/mol. The van der Waals surface area contributed by atoms with E-state index in [9.17, 15) is 9.18 Å². The molecular weight excluding hydrogens is 409 g/mol. The van der Waals surface area contributed by atoms with Crippen LogP contribution in [0.1, 0.15) is 28.2 Å². The van der Waals surface area contributed by atoms with Gasteiger partial charge in [0.2, 0.25) is 0 Å². The molecule has 7 heteroatoms. The number of carbonyl (C=O) groups is 1. The summed E-state index contributed by atoms with van der Waals surface area (Å²) < 4.78 is 24.3. The number of aromatic amines is 1. The number of ether oxygens (including phenoxy) is 1. The van der Waals surface area contributed by atoms with Gasteiger partial charge in [0.05, 0.1) is 12.0 Å². The lowest BCUT2D eigenvalue weighted by atomic mass is 10.1. The quantitative estimate of drug-likeness (QED) is 0.399. The van der Waals surface area contributed by atoms with E-state index in [0.29, 0.717) is 17.9 Å². The zero-order valence-corrected chi connectivity index (χ0v) is 17.8. The second kappa shape index (κ2) is 9.96. The molecular formula is C25H24FN3O3. The highest BCUT2D eigenvalue weighted by molar-refractivity contribution is 5.92. The predicted octanol–water partition coefficient (Wildman–Crippen LogP) is 5.09. The van der Waals surface area contributed by atoms with Gasteiger partial charge in [-0.15, -0.1) is 0 Å². The molecule has 6 nitrogen and oxygen atoms in total. The molecule has 164 valence electrons. The van der Waals surface area contributed by atoms with Gasteiger partial charge < -0.3 is 14.1 Å². The van der Waals surface area contributed by atoms with Gasteiger partial charge >= 0.3 is 0 Å². The number of carbonyl (C=O) groups excluding carboxylic acids is 1. The van der Waals surface area contributed by atoms with Crippen LogP contribution in [0.4, 0.5) is 4.39 Å². The number of aryl methyl sites for hydroxylation is 1. The lowest BCUT2D eigenvalue weighted by molar-refractivity contribution is 0.0758. The summed E-state index contributed by atoms with van der Waals surface area (Å²) in [5.41, 5.74) is 3.29. The molecule has 2 aromatic carbocycles. The number of hydrogen-bond donors (Lipinski definition) is 1. The van der Waals surface area contributed by atoms with Gasteiger partial charge in [0.15, 0.2) is 5.76 Å². The highest BCUT2D eigenvalue weighted by Gasteiger charge is 2.20. The fourth-order valence-corrected chi connectivity index (χ4v) is 3.35. The van der Waals surface area contributed by atoms with Gasteiger partial charge in [0.1, 0.15) is 18.2 Å². The number of benzene rings is 2. The van der Waals surface area contributed by atoms with Crippen LogP contribution in [-0.2, 0) is 13.0 Å². The third kappa shape index (κ3) is 5.24. The molecule has 0 unspecified atom stereocenters. The number of amides is 1. The van der Waals surface area contributed by atoms with Gasteiger partial charge in [0.25, 0.3) is 5.91 Å². The Balaban J connectivity index is 1.28. The van der Waals surface area contributed by atoms with Gasteiger partial charge in [-0.2, -0.15) is 5.10 Å². The van der Waals surface area contributed by atoms with Crippen molar-refractivity contribution in [2.45, 2.75) is 19.4 Å². The van der Waals surface area contributed by atoms with Crippen molar-refractivity contribution in [3.05, 3.63) is 95.8 Å². The topological polar surface area (TPSA) is 71.4 Å². The number of H-pyrrole nitrogens is 1. The molecule has 0 aliphatic carbocycles. The molecule has 0 bridgehead atoms. The zero-order chi connectivity index (χ0) is 22.3. The van der Waals surface area contributed by atoms with Crippen LogP contribution in [0, 0.1) is 5.82 Å². The van der Waals surface area contributed by atoms with Gasteiger partial charge in [-0.25, -0.2) is 4.39 Å². The molecule has 0 fully saturated rings. The van der Waals surface area contributed by atoms with Crippen LogP contribution in [0.15, 0.2) is 77.4 Å². The van der Waals surface area contributed by atoms with Crippen LogP contribution in [0.2, 0.25) is 0 Å². The normalized spacial score (nSPS) is 10.8. The molecule has 2 aromatic heterocycles. The van der Waals surface area contributed by atoms with Crippen molar-refractivity contribution in [3.8, 4) is 17.0 Å². The van der Waals surface area contributed by atoms with Gasteiger partial charge in [-0.05, 0) is 61.4 Å². The number of hydrogen-bond acceptors (Lipinski definition) is 4. The molecule has 4 aromatic rings. The maximum Gasteiger partial charge on any atom is 0.289 e. The second-order valence-electron chi connectivity index (χ2n) is 7.49. The molecule has 1 amide bonds. The van der Waals surface area contributed by atoms with Crippen LogP contribution in [0.5, 0.6) is 5.75 Å². The lowest BCUT2D eigenvalue weighted by Gasteiger charge is -2.16. The van der Waals surface area contributed by atoms with E-state index >= 15 is 0 Å². The SMILES string of the molecule is CN(CCCc1cc(-c2ccc(F)cc2)n[nH]1)C(=O)c1occc1COc1ccccc1. The van der Waals surface area contributed by atoms with E-state index in [0.717, 1.165) is 35.5 Å². The van der Waals surface area contributed by atoms with E-state index in [1.54, 1.807) is 30.1 Å². The monoisotopic (exact) mass is 433 g/mol. The second-order valence-corrected chi connectivity index (χ2v) is 7.49. The van der Waals surface area contributed by atoms with Crippen LogP contribution in [-0.4, -0.2) is 34.6 Å². The Bertz CT molecular complexity index is 1150. The lowest BCUT2D eigenvalue weighted by Crippen LogP contribution is -2.28. The standard InChI is InChI=1S/C25H24FN3O3/c1-29(14-5-6-21-16-23(28-27-21)18-9-11-20(26)12-10-18)25(30)24-19(13-15-31-24)17-32-22-7-3-2-4-8-22/h2-4,7-13,15-16H,5-6,14,17H2,1H3,(H,27,28). The van der Waals surface area contributed by atoms with Crippen LogP contribution >= 0.6 is 0 Å². The Kier molecular flexibility index (Phi) is 6.65. The minimum Gasteiger partial charge on any atom is -0.489 e. The Morgan fingerprint density at radius 2 is 1.91 bits per heavy atom. The summed E-state index contributed by atoms with van der Waals surface area (Å²) in [6.07, 6.45) is 2.99. The minimum atomic E-state index is -0.274. The van der Waals surface area contributed by atoms with E-state index in [4.69, 9.17) is 9.15 Å². The first kappa shape index (κ1) is 21.4. The number of nitrogens with zero attached hydrogens (tertiary/aromatic N) is 2. The summed E-state index contributed by atoms with van der Waals surface area (Å²) >= 11 is 0. The molecule has 0 saturated heterocycles. The summed E-state index contributed by atoms with van der Waals surface area (Å²) in [6, 6.07) is 19.4. The Labute approximate surface area is 185 Å². The average Bonchev–Trinajstić information content (AvgIpc) is 3.48. The summed E-state index contributed by atoms with van der Waals surface area (Å²) in [5.74, 6) is 0.574. The first-order valence-corrected chi connectivity index (χ1v) is 10.4. The maximum atomic E-state index is 13.1. The zero-order valence-electron chi connectivity index (χ0n) is 17.8. The molecule has 1 N–H and O–H groups in total. The van der Waals surface area contributed by atoms with E-state index in [1.165, 1.54) is 18.4 Å². The van der Waals surface area contributed by atoms with Crippen LogP contribution < -0.4 is 4.74 Å². The molecule has 0 saturated carbocycles. The fraction of sp³-hybridized carbons (Fsp3) is 0.200. The summed E-state index contributed by atoms with van der Waals surface area (Å²) in [7, 11) is 1.75. The minimum absolute atomic E-state index is 0.182. The van der Waals surface area contributed by atoms with Crippen molar-refractivity contribution in [1.82, 2.24) is 15.1 Å². The van der Waals surface area contributed by atoms with Gasteiger partial charge in [0, 0.05) is 30.4 Å². The number of aromatic nitrogens is 2. The van der Waals surface area contributed by atoms with Crippen molar-refractivity contribution >= 4 is 5.91 Å². The Morgan fingerprint density at radius 3 is 2.69 bits per heavy atom. The molecule has 4 rings (SSSR count). The number of para-hydroxylation sites is 1. The summed E-state index contributed by atoms with van der Waals surface area (Å²) in [4.78, 5) is 14.5. The van der Waals surface area contributed by atoms with Gasteiger partial charge in [-0.1, -0.05) is 18.2 Å². The molecule has 0 spiro atoms. The molecule has 0 aliphatic rings.